The van der Waals surface area contributed by atoms with Crippen molar-refractivity contribution < 1.29 is 23.1 Å². The molecule has 1 atom stereocenters. The number of nitrogens with one attached hydrogen (secondary N) is 1. The highest BCUT2D eigenvalue weighted by molar-refractivity contribution is 6.30. The van der Waals surface area contributed by atoms with Crippen molar-refractivity contribution in [2.75, 3.05) is 6.54 Å². The maximum atomic E-state index is 13.2. The van der Waals surface area contributed by atoms with E-state index in [2.05, 4.69) is 10.3 Å². The number of amides is 1. The first kappa shape index (κ1) is 29.0. The van der Waals surface area contributed by atoms with E-state index in [1.807, 2.05) is 6.07 Å². The second-order valence-corrected chi connectivity index (χ2v) is 9.73. The van der Waals surface area contributed by atoms with E-state index in [4.69, 9.17) is 11.6 Å². The highest BCUT2D eigenvalue weighted by atomic mass is 35.5. The van der Waals surface area contributed by atoms with Crippen molar-refractivity contribution in [3.8, 4) is 11.3 Å². The Morgan fingerprint density at radius 2 is 1.73 bits per heavy atom. The Balaban J connectivity index is 1.55. The predicted octanol–water partition coefficient (Wildman–Crippen LogP) is 5.96. The van der Waals surface area contributed by atoms with E-state index < -0.39 is 30.2 Å². The van der Waals surface area contributed by atoms with Gasteiger partial charge in [-0.2, -0.15) is 13.2 Å². The number of benzene rings is 3. The predicted molar refractivity (Wildman–Crippen MR) is 147 cm³/mol. The summed E-state index contributed by atoms with van der Waals surface area (Å²) in [5.74, 6) is -0.201. The van der Waals surface area contributed by atoms with Gasteiger partial charge in [0.25, 0.3) is 11.5 Å². The van der Waals surface area contributed by atoms with Crippen LogP contribution in [0.15, 0.2) is 89.7 Å². The zero-order valence-corrected chi connectivity index (χ0v) is 22.1. The summed E-state index contributed by atoms with van der Waals surface area (Å²) in [5.41, 5.74) is 2.10. The van der Waals surface area contributed by atoms with Crippen LogP contribution in [0.4, 0.5) is 13.2 Å². The van der Waals surface area contributed by atoms with E-state index in [0.717, 1.165) is 0 Å². The minimum Gasteiger partial charge on any atom is -0.387 e. The first-order valence-corrected chi connectivity index (χ1v) is 13.0. The lowest BCUT2D eigenvalue weighted by molar-refractivity contribution is -0.135. The van der Waals surface area contributed by atoms with Gasteiger partial charge in [0.15, 0.2) is 0 Å². The lowest BCUT2D eigenvalue weighted by Gasteiger charge is -2.15. The molecule has 2 N–H and O–H groups in total. The van der Waals surface area contributed by atoms with Gasteiger partial charge < -0.3 is 10.4 Å². The molecular formula is C30H27ClF3N3O3. The number of carbonyl (C=O) groups excluding carboxylic acids is 1. The fraction of sp³-hybridized carbons (Fsp3) is 0.233. The van der Waals surface area contributed by atoms with Gasteiger partial charge in [-0.25, -0.2) is 4.98 Å². The van der Waals surface area contributed by atoms with Crippen LogP contribution in [0.3, 0.4) is 0 Å². The van der Waals surface area contributed by atoms with Crippen molar-refractivity contribution in [1.82, 2.24) is 14.9 Å². The van der Waals surface area contributed by atoms with Crippen LogP contribution in [0.2, 0.25) is 5.02 Å². The monoisotopic (exact) mass is 569 g/mol. The first-order valence-electron chi connectivity index (χ1n) is 12.6. The third kappa shape index (κ3) is 8.03. The number of aryl methyl sites for hydroxylation is 1. The minimum absolute atomic E-state index is 0.00592. The molecule has 0 saturated carbocycles. The molecule has 6 nitrogen and oxygen atoms in total. The van der Waals surface area contributed by atoms with E-state index >= 15 is 0 Å². The Labute approximate surface area is 234 Å². The number of carbonyl (C=O) groups is 1. The Hall–Kier alpha value is -3.95. The SMILES string of the molecule is O=C(NCC(O)c1ccccc1)c1cccc(Cn2c(CCCC(F)(F)F)nc(-c3ccc(Cl)cc3)cc2=O)c1. The third-order valence-electron chi connectivity index (χ3n) is 6.26. The molecular weight excluding hydrogens is 543 g/mol. The summed E-state index contributed by atoms with van der Waals surface area (Å²) < 4.78 is 39.8. The number of halogens is 4. The van der Waals surface area contributed by atoms with Crippen LogP contribution in [0, 0.1) is 0 Å². The quantitative estimate of drug-likeness (QED) is 0.247. The number of aliphatic hydroxyl groups excluding tert-OH is 1. The van der Waals surface area contributed by atoms with Gasteiger partial charge in [-0.05, 0) is 41.8 Å². The molecule has 0 radical (unpaired) electrons. The highest BCUT2D eigenvalue weighted by Gasteiger charge is 2.26. The molecule has 10 heteroatoms. The minimum atomic E-state index is -4.32. The largest absolute Gasteiger partial charge is 0.389 e. The van der Waals surface area contributed by atoms with E-state index in [1.165, 1.54) is 10.6 Å². The second kappa shape index (κ2) is 12.9. The third-order valence-corrected chi connectivity index (χ3v) is 6.51. The molecule has 0 aliphatic rings. The molecule has 1 amide bonds. The zero-order chi connectivity index (χ0) is 28.7. The van der Waals surface area contributed by atoms with Crippen LogP contribution in [0.1, 0.15) is 46.3 Å². The first-order chi connectivity index (χ1) is 19.1. The van der Waals surface area contributed by atoms with Crippen molar-refractivity contribution >= 4 is 17.5 Å². The van der Waals surface area contributed by atoms with Gasteiger partial charge in [-0.15, -0.1) is 0 Å². The second-order valence-electron chi connectivity index (χ2n) is 9.29. The van der Waals surface area contributed by atoms with E-state index in [1.54, 1.807) is 72.8 Å². The molecule has 0 aliphatic heterocycles. The number of hydrogen-bond acceptors (Lipinski definition) is 4. The van der Waals surface area contributed by atoms with Gasteiger partial charge in [0.1, 0.15) is 5.82 Å². The van der Waals surface area contributed by atoms with Crippen molar-refractivity contribution in [1.29, 1.82) is 0 Å². The fourth-order valence-corrected chi connectivity index (χ4v) is 4.33. The van der Waals surface area contributed by atoms with Gasteiger partial charge in [-0.1, -0.05) is 66.2 Å². The van der Waals surface area contributed by atoms with E-state index in [0.29, 0.717) is 33.0 Å². The number of rotatable bonds is 10. The van der Waals surface area contributed by atoms with Crippen molar-refractivity contribution in [2.24, 2.45) is 0 Å². The molecule has 1 aromatic heterocycles. The Morgan fingerprint density at radius 3 is 2.42 bits per heavy atom. The molecule has 40 heavy (non-hydrogen) atoms. The summed E-state index contributed by atoms with van der Waals surface area (Å²) in [4.78, 5) is 30.5. The van der Waals surface area contributed by atoms with Crippen molar-refractivity contribution in [3.63, 3.8) is 0 Å². The van der Waals surface area contributed by atoms with Gasteiger partial charge in [0.2, 0.25) is 0 Å². The molecule has 1 heterocycles. The molecule has 4 rings (SSSR count). The molecule has 0 aliphatic carbocycles. The van der Waals surface area contributed by atoms with Crippen molar-refractivity contribution in [3.05, 3.63) is 123 Å². The Bertz CT molecular complexity index is 1510. The smallest absolute Gasteiger partial charge is 0.387 e. The zero-order valence-electron chi connectivity index (χ0n) is 21.4. The van der Waals surface area contributed by atoms with E-state index in [9.17, 15) is 27.9 Å². The maximum Gasteiger partial charge on any atom is 0.389 e. The highest BCUT2D eigenvalue weighted by Crippen LogP contribution is 2.24. The van der Waals surface area contributed by atoms with Crippen LogP contribution in [-0.2, 0) is 13.0 Å². The summed E-state index contributed by atoms with van der Waals surface area (Å²) in [6.45, 7) is 0.0216. The number of aromatic nitrogens is 2. The van der Waals surface area contributed by atoms with Gasteiger partial charge in [-0.3, -0.25) is 14.2 Å². The van der Waals surface area contributed by atoms with Crippen LogP contribution in [-0.4, -0.2) is 33.3 Å². The van der Waals surface area contributed by atoms with Gasteiger partial charge >= 0.3 is 6.18 Å². The Morgan fingerprint density at radius 1 is 1.00 bits per heavy atom. The number of aliphatic hydroxyl groups is 1. The van der Waals surface area contributed by atoms with Crippen LogP contribution in [0.5, 0.6) is 0 Å². The average molecular weight is 570 g/mol. The lowest BCUT2D eigenvalue weighted by Crippen LogP contribution is -2.29. The summed E-state index contributed by atoms with van der Waals surface area (Å²) in [6.07, 6.45) is -6.50. The molecule has 3 aromatic carbocycles. The molecule has 0 spiro atoms. The van der Waals surface area contributed by atoms with Gasteiger partial charge in [0, 0.05) is 41.6 Å². The number of alkyl halides is 3. The molecule has 0 saturated heterocycles. The van der Waals surface area contributed by atoms with E-state index in [-0.39, 0.29) is 31.8 Å². The van der Waals surface area contributed by atoms with Crippen molar-refractivity contribution in [2.45, 2.75) is 38.1 Å². The Kier molecular flexibility index (Phi) is 9.39. The molecule has 0 fully saturated rings. The topological polar surface area (TPSA) is 84.2 Å². The fourth-order valence-electron chi connectivity index (χ4n) is 4.21. The summed E-state index contributed by atoms with van der Waals surface area (Å²) in [5, 5.41) is 13.5. The van der Waals surface area contributed by atoms with Crippen LogP contribution < -0.4 is 10.9 Å². The summed E-state index contributed by atoms with van der Waals surface area (Å²) in [7, 11) is 0. The standard InChI is InChI=1S/C30H27ClF3N3O3/c31-24-13-11-21(12-14-24)25-17-28(39)37(27(36-25)10-5-15-30(32,33)34)19-20-6-4-9-23(16-20)29(40)35-18-26(38)22-7-2-1-3-8-22/h1-4,6-9,11-14,16-17,26,38H,5,10,15,18-19H2,(H,35,40). The molecule has 1 unspecified atom stereocenters. The average Bonchev–Trinajstić information content (AvgIpc) is 2.93. The number of nitrogens with zero attached hydrogens (tertiary/aromatic N) is 2. The summed E-state index contributed by atoms with van der Waals surface area (Å²) in [6, 6.07) is 23.5. The maximum absolute atomic E-state index is 13.2. The molecule has 4 aromatic rings. The number of hydrogen-bond donors (Lipinski definition) is 2. The van der Waals surface area contributed by atoms with Gasteiger partial charge in [0.05, 0.1) is 18.3 Å². The molecule has 208 valence electrons. The van der Waals surface area contributed by atoms with Crippen LogP contribution in [0.25, 0.3) is 11.3 Å². The lowest BCUT2D eigenvalue weighted by atomic mass is 10.1. The van der Waals surface area contributed by atoms with Crippen LogP contribution >= 0.6 is 11.6 Å². The summed E-state index contributed by atoms with van der Waals surface area (Å²) >= 11 is 5.95. The normalized spacial score (nSPS) is 12.2. The molecule has 0 bridgehead atoms.